The molecular formula is C22H29N3O2. The van der Waals surface area contributed by atoms with Crippen LogP contribution in [0, 0.1) is 12.8 Å². The van der Waals surface area contributed by atoms with Gasteiger partial charge in [0.05, 0.1) is 7.11 Å². The Bertz CT molecular complexity index is 810. The zero-order valence-corrected chi connectivity index (χ0v) is 16.4. The molecule has 5 heteroatoms. The second kappa shape index (κ2) is 7.75. The van der Waals surface area contributed by atoms with Crippen LogP contribution >= 0.6 is 0 Å². The predicted molar refractivity (Wildman–Crippen MR) is 105 cm³/mol. The molecule has 0 N–H and O–H groups in total. The summed E-state index contributed by atoms with van der Waals surface area (Å²) in [6, 6.07) is 5.69. The van der Waals surface area contributed by atoms with Gasteiger partial charge in [-0.3, -0.25) is 4.79 Å². The van der Waals surface area contributed by atoms with E-state index in [1.165, 1.54) is 19.3 Å². The van der Waals surface area contributed by atoms with E-state index in [4.69, 9.17) is 4.74 Å². The quantitative estimate of drug-likeness (QED) is 0.802. The minimum atomic E-state index is 0.113. The van der Waals surface area contributed by atoms with Gasteiger partial charge in [-0.15, -0.1) is 0 Å². The Hall–Kier alpha value is -2.30. The van der Waals surface area contributed by atoms with Gasteiger partial charge in [0.15, 0.2) is 0 Å². The van der Waals surface area contributed by atoms with E-state index in [1.807, 2.05) is 36.2 Å². The Labute approximate surface area is 161 Å². The van der Waals surface area contributed by atoms with E-state index in [0.717, 1.165) is 61.1 Å². The number of likely N-dealkylation sites (tertiary alicyclic amines) is 1. The number of carbonyl (C=O) groups is 1. The van der Waals surface area contributed by atoms with E-state index < -0.39 is 0 Å². The van der Waals surface area contributed by atoms with E-state index in [-0.39, 0.29) is 5.91 Å². The molecule has 5 nitrogen and oxygen atoms in total. The lowest BCUT2D eigenvalue weighted by Gasteiger charge is -2.34. The lowest BCUT2D eigenvalue weighted by atomic mass is 9.85. The number of rotatable bonds is 5. The van der Waals surface area contributed by atoms with Crippen LogP contribution in [0.1, 0.15) is 59.8 Å². The summed E-state index contributed by atoms with van der Waals surface area (Å²) in [4.78, 5) is 19.7. The number of nitrogens with zero attached hydrogens (tertiary/aromatic N) is 3. The van der Waals surface area contributed by atoms with Crippen molar-refractivity contribution in [2.24, 2.45) is 5.92 Å². The molecule has 0 spiro atoms. The van der Waals surface area contributed by atoms with Crippen molar-refractivity contribution in [1.29, 1.82) is 0 Å². The van der Waals surface area contributed by atoms with Crippen LogP contribution in [0.5, 0.6) is 5.75 Å². The third-order valence-electron chi connectivity index (χ3n) is 6.14. The largest absolute Gasteiger partial charge is 0.496 e. The number of ether oxygens (including phenoxy) is 1. The highest BCUT2D eigenvalue weighted by atomic mass is 16.5. The van der Waals surface area contributed by atoms with Crippen molar-refractivity contribution in [2.45, 2.75) is 51.5 Å². The number of methoxy groups -OCH3 is 1. The molecule has 1 saturated carbocycles. The Morgan fingerprint density at radius 3 is 2.81 bits per heavy atom. The van der Waals surface area contributed by atoms with Gasteiger partial charge in [0.25, 0.3) is 5.91 Å². The fraction of sp³-hybridized carbons (Fsp3) is 0.545. The second-order valence-electron chi connectivity index (χ2n) is 8.01. The zero-order chi connectivity index (χ0) is 18.8. The van der Waals surface area contributed by atoms with E-state index >= 15 is 0 Å². The Morgan fingerprint density at radius 1 is 1.26 bits per heavy atom. The summed E-state index contributed by atoms with van der Waals surface area (Å²) in [6.45, 7) is 4.64. The number of aryl methyl sites for hydroxylation is 1. The van der Waals surface area contributed by atoms with Crippen molar-refractivity contribution in [3.05, 3.63) is 47.5 Å². The topological polar surface area (TPSA) is 47.4 Å². The summed E-state index contributed by atoms with van der Waals surface area (Å²) in [5.74, 6) is 3.23. The van der Waals surface area contributed by atoms with Crippen LogP contribution in [-0.4, -0.2) is 40.6 Å². The first-order valence-electron chi connectivity index (χ1n) is 10.1. The Balaban J connectivity index is 1.47. The van der Waals surface area contributed by atoms with Crippen LogP contribution < -0.4 is 4.74 Å². The van der Waals surface area contributed by atoms with Crippen molar-refractivity contribution in [1.82, 2.24) is 14.5 Å². The van der Waals surface area contributed by atoms with Crippen LogP contribution in [0.3, 0.4) is 0 Å². The Morgan fingerprint density at radius 2 is 2.11 bits per heavy atom. The van der Waals surface area contributed by atoms with Crippen molar-refractivity contribution in [3.8, 4) is 5.75 Å². The van der Waals surface area contributed by atoms with Gasteiger partial charge >= 0.3 is 0 Å². The Kier molecular flexibility index (Phi) is 5.19. The summed E-state index contributed by atoms with van der Waals surface area (Å²) < 4.78 is 7.65. The van der Waals surface area contributed by atoms with Crippen LogP contribution in [0.4, 0.5) is 0 Å². The fourth-order valence-corrected chi connectivity index (χ4v) is 4.35. The average molecular weight is 367 g/mol. The fourth-order valence-electron chi connectivity index (χ4n) is 4.35. The van der Waals surface area contributed by atoms with Gasteiger partial charge in [0.1, 0.15) is 11.6 Å². The number of hydrogen-bond donors (Lipinski definition) is 0. The molecule has 1 aromatic carbocycles. The molecule has 2 fully saturated rings. The van der Waals surface area contributed by atoms with Gasteiger partial charge in [-0.05, 0) is 62.3 Å². The molecule has 1 aliphatic carbocycles. The monoisotopic (exact) mass is 367 g/mol. The van der Waals surface area contributed by atoms with Crippen molar-refractivity contribution < 1.29 is 9.53 Å². The van der Waals surface area contributed by atoms with Crippen molar-refractivity contribution in [3.63, 3.8) is 0 Å². The predicted octanol–water partition coefficient (Wildman–Crippen LogP) is 4.02. The van der Waals surface area contributed by atoms with Crippen LogP contribution in [-0.2, 0) is 6.54 Å². The number of imidazole rings is 1. The molecule has 144 valence electrons. The molecule has 1 saturated heterocycles. The lowest BCUT2D eigenvalue weighted by molar-refractivity contribution is 0.0702. The number of piperidine rings is 1. The van der Waals surface area contributed by atoms with Gasteiger partial charge in [0, 0.05) is 43.5 Å². The normalized spacial score (nSPS) is 20.4. The summed E-state index contributed by atoms with van der Waals surface area (Å²) in [6.07, 6.45) is 10.2. The third kappa shape index (κ3) is 3.73. The molecule has 27 heavy (non-hydrogen) atoms. The minimum absolute atomic E-state index is 0.113. The molecule has 0 unspecified atom stereocenters. The van der Waals surface area contributed by atoms with Gasteiger partial charge in [-0.1, -0.05) is 6.42 Å². The van der Waals surface area contributed by atoms with Crippen LogP contribution in [0.25, 0.3) is 0 Å². The molecular weight excluding hydrogens is 338 g/mol. The van der Waals surface area contributed by atoms with E-state index in [2.05, 4.69) is 15.7 Å². The first-order chi connectivity index (χ1) is 13.2. The second-order valence-corrected chi connectivity index (χ2v) is 8.01. The van der Waals surface area contributed by atoms with Gasteiger partial charge < -0.3 is 14.2 Å². The maximum atomic E-state index is 13.0. The molecule has 1 aromatic heterocycles. The maximum absolute atomic E-state index is 13.0. The lowest BCUT2D eigenvalue weighted by Crippen LogP contribution is -2.40. The van der Waals surface area contributed by atoms with Gasteiger partial charge in [-0.25, -0.2) is 4.98 Å². The van der Waals surface area contributed by atoms with E-state index in [0.29, 0.717) is 5.92 Å². The van der Waals surface area contributed by atoms with Crippen molar-refractivity contribution in [2.75, 3.05) is 20.2 Å². The first kappa shape index (κ1) is 18.1. The number of aromatic nitrogens is 2. The van der Waals surface area contributed by atoms with Crippen LogP contribution in [0.2, 0.25) is 0 Å². The highest BCUT2D eigenvalue weighted by molar-refractivity contribution is 5.94. The molecule has 2 aliphatic rings. The number of benzene rings is 1. The summed E-state index contributed by atoms with van der Waals surface area (Å²) in [5.41, 5.74) is 1.74. The standard InChI is InChI=1S/C22H29N3O2/c1-16-13-18(8-9-20(16)27-2)22(26)25-11-4-7-19(15-25)21-23-10-12-24(21)14-17-5-3-6-17/h8-10,12-13,17,19H,3-7,11,14-15H2,1-2H3/t19-/m1/s1. The average Bonchev–Trinajstić information content (AvgIpc) is 3.12. The third-order valence-corrected chi connectivity index (χ3v) is 6.14. The molecule has 2 aromatic rings. The first-order valence-corrected chi connectivity index (χ1v) is 10.1. The highest BCUT2D eigenvalue weighted by Crippen LogP contribution is 2.31. The number of carbonyl (C=O) groups excluding carboxylic acids is 1. The smallest absolute Gasteiger partial charge is 0.253 e. The molecule has 1 atom stereocenters. The molecule has 4 rings (SSSR count). The number of amides is 1. The maximum Gasteiger partial charge on any atom is 0.253 e. The summed E-state index contributed by atoms with van der Waals surface area (Å²) >= 11 is 0. The number of hydrogen-bond acceptors (Lipinski definition) is 3. The molecule has 2 heterocycles. The summed E-state index contributed by atoms with van der Waals surface area (Å²) in [7, 11) is 1.66. The van der Waals surface area contributed by atoms with Crippen LogP contribution in [0.15, 0.2) is 30.6 Å². The minimum Gasteiger partial charge on any atom is -0.496 e. The molecule has 1 aliphatic heterocycles. The SMILES string of the molecule is COc1ccc(C(=O)N2CCC[C@@H](c3nccn3CC3CCC3)C2)cc1C. The highest BCUT2D eigenvalue weighted by Gasteiger charge is 2.29. The summed E-state index contributed by atoms with van der Waals surface area (Å²) in [5, 5.41) is 0. The van der Waals surface area contributed by atoms with E-state index in [1.54, 1.807) is 7.11 Å². The van der Waals surface area contributed by atoms with E-state index in [9.17, 15) is 4.79 Å². The van der Waals surface area contributed by atoms with Crippen molar-refractivity contribution >= 4 is 5.91 Å². The molecule has 1 amide bonds. The van der Waals surface area contributed by atoms with Gasteiger partial charge in [0.2, 0.25) is 0 Å². The zero-order valence-electron chi connectivity index (χ0n) is 16.4. The van der Waals surface area contributed by atoms with Gasteiger partial charge in [-0.2, -0.15) is 0 Å². The molecule has 0 radical (unpaired) electrons. The molecule has 0 bridgehead atoms.